The number of hydrogen-bond donors (Lipinski definition) is 3. The number of halogens is 1. The average Bonchev–Trinajstić information content (AvgIpc) is 2.53. The molecule has 1 aromatic carbocycles. The molecule has 5 nitrogen and oxygen atoms in total. The van der Waals surface area contributed by atoms with E-state index in [1.807, 2.05) is 18.2 Å². The molecular formula is C15H23ClN2O3. The van der Waals surface area contributed by atoms with Crippen molar-refractivity contribution in [2.45, 2.75) is 31.4 Å². The first-order chi connectivity index (χ1) is 9.70. The lowest BCUT2D eigenvalue weighted by Gasteiger charge is -2.23. The molecule has 1 aromatic rings. The van der Waals surface area contributed by atoms with Crippen LogP contribution in [0.3, 0.4) is 0 Å². The van der Waals surface area contributed by atoms with E-state index in [0.29, 0.717) is 5.75 Å². The molecular weight excluding hydrogens is 292 g/mol. The number of methoxy groups -OCH3 is 1. The second-order valence-corrected chi connectivity index (χ2v) is 5.04. The molecule has 0 saturated carbocycles. The molecule has 0 bridgehead atoms. The first kappa shape index (κ1) is 17.8. The van der Waals surface area contributed by atoms with Gasteiger partial charge < -0.3 is 20.5 Å². The largest absolute Gasteiger partial charge is 0.497 e. The summed E-state index contributed by atoms with van der Waals surface area (Å²) >= 11 is 0. The van der Waals surface area contributed by atoms with Crippen LogP contribution >= 0.6 is 12.4 Å². The van der Waals surface area contributed by atoms with Crippen molar-refractivity contribution >= 4 is 18.3 Å². The van der Waals surface area contributed by atoms with Crippen LogP contribution in [-0.4, -0.2) is 37.3 Å². The van der Waals surface area contributed by atoms with Crippen LogP contribution in [-0.2, 0) is 4.79 Å². The maximum absolute atomic E-state index is 11.9. The topological polar surface area (TPSA) is 70.6 Å². The molecule has 6 heteroatoms. The van der Waals surface area contributed by atoms with E-state index in [1.165, 1.54) is 0 Å². The van der Waals surface area contributed by atoms with Gasteiger partial charge in [0.15, 0.2) is 0 Å². The quantitative estimate of drug-likeness (QED) is 0.768. The number of carbonyl (C=O) groups is 1. The maximum Gasteiger partial charge on any atom is 0.237 e. The van der Waals surface area contributed by atoms with E-state index >= 15 is 0 Å². The van der Waals surface area contributed by atoms with E-state index in [4.69, 9.17) is 4.74 Å². The number of nitrogens with one attached hydrogen (secondary N) is 2. The van der Waals surface area contributed by atoms with Crippen molar-refractivity contribution in [3.8, 4) is 5.75 Å². The third-order valence-electron chi connectivity index (χ3n) is 3.58. The zero-order chi connectivity index (χ0) is 14.4. The van der Waals surface area contributed by atoms with Gasteiger partial charge in [0.1, 0.15) is 5.75 Å². The zero-order valence-electron chi connectivity index (χ0n) is 12.2. The number of hydrogen-bond acceptors (Lipinski definition) is 4. The van der Waals surface area contributed by atoms with Crippen molar-refractivity contribution < 1.29 is 14.6 Å². The number of rotatable bonds is 5. The van der Waals surface area contributed by atoms with Gasteiger partial charge in [-0.1, -0.05) is 18.6 Å². The molecule has 3 N–H and O–H groups in total. The fourth-order valence-corrected chi connectivity index (χ4v) is 2.36. The minimum atomic E-state index is -0.724. The van der Waals surface area contributed by atoms with Crippen molar-refractivity contribution in [3.63, 3.8) is 0 Å². The molecule has 1 saturated heterocycles. The predicted octanol–water partition coefficient (Wildman–Crippen LogP) is 1.41. The van der Waals surface area contributed by atoms with Crippen LogP contribution in [0.25, 0.3) is 0 Å². The van der Waals surface area contributed by atoms with Gasteiger partial charge in [0, 0.05) is 6.54 Å². The monoisotopic (exact) mass is 314 g/mol. The van der Waals surface area contributed by atoms with Gasteiger partial charge in [0.25, 0.3) is 0 Å². The molecule has 1 fully saturated rings. The number of ether oxygens (including phenoxy) is 1. The van der Waals surface area contributed by atoms with Gasteiger partial charge in [-0.05, 0) is 37.1 Å². The third-order valence-corrected chi connectivity index (χ3v) is 3.58. The van der Waals surface area contributed by atoms with E-state index in [-0.39, 0.29) is 30.9 Å². The van der Waals surface area contributed by atoms with Crippen LogP contribution in [0.1, 0.15) is 30.9 Å². The van der Waals surface area contributed by atoms with Crippen LogP contribution in [0.15, 0.2) is 24.3 Å². The standard InChI is InChI=1S/C15H22N2O3.ClH/c1-20-12-6-4-5-11(9-12)14(18)10-17-15(19)13-7-2-3-8-16-13;/h4-6,9,13-14,16,18H,2-3,7-8,10H2,1H3,(H,17,19);1H. The molecule has 0 aromatic heterocycles. The van der Waals surface area contributed by atoms with Gasteiger partial charge in [0.2, 0.25) is 5.91 Å². The summed E-state index contributed by atoms with van der Waals surface area (Å²) in [4.78, 5) is 11.9. The SMILES string of the molecule is COc1cccc(C(O)CNC(=O)C2CCCCN2)c1.Cl. The Kier molecular flexibility index (Phi) is 7.50. The molecule has 0 spiro atoms. The van der Waals surface area contributed by atoms with Crippen LogP contribution in [0.5, 0.6) is 5.75 Å². The Balaban J connectivity index is 0.00000220. The Morgan fingerprint density at radius 3 is 3.00 bits per heavy atom. The van der Waals surface area contributed by atoms with Crippen LogP contribution in [0.2, 0.25) is 0 Å². The Morgan fingerprint density at radius 1 is 1.52 bits per heavy atom. The van der Waals surface area contributed by atoms with E-state index in [0.717, 1.165) is 31.4 Å². The third kappa shape index (κ3) is 5.19. The number of benzene rings is 1. The second-order valence-electron chi connectivity index (χ2n) is 5.04. The van der Waals surface area contributed by atoms with Crippen molar-refractivity contribution in [1.29, 1.82) is 0 Å². The summed E-state index contributed by atoms with van der Waals surface area (Å²) in [7, 11) is 1.59. The van der Waals surface area contributed by atoms with E-state index < -0.39 is 6.10 Å². The molecule has 2 rings (SSSR count). The summed E-state index contributed by atoms with van der Waals surface area (Å²) in [5.41, 5.74) is 0.737. The molecule has 1 aliphatic heterocycles. The first-order valence-electron chi connectivity index (χ1n) is 7.04. The second kappa shape index (κ2) is 8.87. The summed E-state index contributed by atoms with van der Waals surface area (Å²) in [6.07, 6.45) is 2.33. The summed E-state index contributed by atoms with van der Waals surface area (Å²) in [5.74, 6) is 0.661. The van der Waals surface area contributed by atoms with Crippen LogP contribution in [0, 0.1) is 0 Å². The highest BCUT2D eigenvalue weighted by molar-refractivity contribution is 5.85. The van der Waals surface area contributed by atoms with Gasteiger partial charge in [-0.2, -0.15) is 0 Å². The smallest absolute Gasteiger partial charge is 0.237 e. The Labute approximate surface area is 131 Å². The fraction of sp³-hybridized carbons (Fsp3) is 0.533. The van der Waals surface area contributed by atoms with Crippen molar-refractivity contribution in [2.75, 3.05) is 20.2 Å². The summed E-state index contributed by atoms with van der Waals surface area (Å²) in [5, 5.41) is 16.1. The Bertz CT molecular complexity index is 450. The zero-order valence-corrected chi connectivity index (χ0v) is 13.0. The minimum Gasteiger partial charge on any atom is -0.497 e. The molecule has 1 heterocycles. The van der Waals surface area contributed by atoms with Gasteiger partial charge in [-0.15, -0.1) is 12.4 Å². The molecule has 2 unspecified atom stereocenters. The molecule has 2 atom stereocenters. The highest BCUT2D eigenvalue weighted by Crippen LogP contribution is 2.18. The van der Waals surface area contributed by atoms with E-state index in [1.54, 1.807) is 13.2 Å². The lowest BCUT2D eigenvalue weighted by molar-refractivity contribution is -0.124. The number of amides is 1. The highest BCUT2D eigenvalue weighted by atomic mass is 35.5. The predicted molar refractivity (Wildman–Crippen MR) is 83.9 cm³/mol. The van der Waals surface area contributed by atoms with Gasteiger partial charge in [0.05, 0.1) is 19.3 Å². The number of aliphatic hydroxyl groups excluding tert-OH is 1. The minimum absolute atomic E-state index is 0. The van der Waals surface area contributed by atoms with Crippen molar-refractivity contribution in [3.05, 3.63) is 29.8 Å². The van der Waals surface area contributed by atoms with Gasteiger partial charge >= 0.3 is 0 Å². The van der Waals surface area contributed by atoms with Crippen molar-refractivity contribution in [2.24, 2.45) is 0 Å². The molecule has 1 amide bonds. The van der Waals surface area contributed by atoms with E-state index in [2.05, 4.69) is 10.6 Å². The summed E-state index contributed by atoms with van der Waals surface area (Å²) < 4.78 is 5.12. The van der Waals surface area contributed by atoms with Crippen LogP contribution < -0.4 is 15.4 Å². The molecule has 0 aliphatic carbocycles. The van der Waals surface area contributed by atoms with Gasteiger partial charge in [-0.3, -0.25) is 4.79 Å². The average molecular weight is 315 g/mol. The van der Waals surface area contributed by atoms with Crippen molar-refractivity contribution in [1.82, 2.24) is 10.6 Å². The Hall–Kier alpha value is -1.30. The fourth-order valence-electron chi connectivity index (χ4n) is 2.36. The van der Waals surface area contributed by atoms with E-state index in [9.17, 15) is 9.90 Å². The molecule has 1 aliphatic rings. The number of carbonyl (C=O) groups excluding carboxylic acids is 1. The van der Waals surface area contributed by atoms with Crippen LogP contribution in [0.4, 0.5) is 0 Å². The summed E-state index contributed by atoms with van der Waals surface area (Å²) in [6.45, 7) is 1.10. The number of piperidine rings is 1. The molecule has 118 valence electrons. The lowest BCUT2D eigenvalue weighted by atomic mass is 10.0. The highest BCUT2D eigenvalue weighted by Gasteiger charge is 2.21. The maximum atomic E-state index is 11.9. The lowest BCUT2D eigenvalue weighted by Crippen LogP contribution is -2.47. The molecule has 21 heavy (non-hydrogen) atoms. The normalized spacial score (nSPS) is 19.2. The summed E-state index contributed by atoms with van der Waals surface area (Å²) in [6, 6.07) is 7.11. The van der Waals surface area contributed by atoms with Gasteiger partial charge in [-0.25, -0.2) is 0 Å². The Morgan fingerprint density at radius 2 is 2.33 bits per heavy atom. The number of aliphatic hydroxyl groups is 1. The molecule has 0 radical (unpaired) electrons. The first-order valence-corrected chi connectivity index (χ1v) is 7.04.